The van der Waals surface area contributed by atoms with E-state index >= 15 is 0 Å². The number of ketones is 1. The van der Waals surface area contributed by atoms with Gasteiger partial charge < -0.3 is 0 Å². The van der Waals surface area contributed by atoms with Crippen molar-refractivity contribution < 1.29 is 4.79 Å². The Labute approximate surface area is 105 Å². The summed E-state index contributed by atoms with van der Waals surface area (Å²) >= 11 is 1.66. The molecule has 0 saturated heterocycles. The molecule has 1 unspecified atom stereocenters. The molecule has 1 heterocycles. The largest absolute Gasteiger partial charge is 0.299 e. The summed E-state index contributed by atoms with van der Waals surface area (Å²) in [7, 11) is 0. The van der Waals surface area contributed by atoms with Crippen LogP contribution in [0.25, 0.3) is 10.9 Å². The van der Waals surface area contributed by atoms with E-state index < -0.39 is 0 Å². The van der Waals surface area contributed by atoms with Gasteiger partial charge in [0.15, 0.2) is 0 Å². The Kier molecular flexibility index (Phi) is 3.79. The number of nitrogens with zero attached hydrogens (tertiary/aromatic N) is 1. The van der Waals surface area contributed by atoms with Gasteiger partial charge in [-0.25, -0.2) is 0 Å². The van der Waals surface area contributed by atoms with Gasteiger partial charge in [-0.1, -0.05) is 18.2 Å². The molecule has 0 amide bonds. The minimum Gasteiger partial charge on any atom is -0.299 e. The van der Waals surface area contributed by atoms with Gasteiger partial charge in [0.2, 0.25) is 0 Å². The minimum atomic E-state index is 0.0569. The fourth-order valence-electron chi connectivity index (χ4n) is 1.53. The maximum atomic E-state index is 11.1. The van der Waals surface area contributed by atoms with E-state index in [-0.39, 0.29) is 11.0 Å². The molecular formula is C14H15NOS. The molecule has 1 atom stereocenters. The van der Waals surface area contributed by atoms with E-state index in [1.807, 2.05) is 31.3 Å². The van der Waals surface area contributed by atoms with Crippen molar-refractivity contribution in [2.45, 2.75) is 24.9 Å². The van der Waals surface area contributed by atoms with Crippen molar-refractivity contribution in [2.75, 3.05) is 0 Å². The average molecular weight is 245 g/mol. The van der Waals surface area contributed by atoms with Crippen molar-refractivity contribution in [3.8, 4) is 0 Å². The van der Waals surface area contributed by atoms with Crippen molar-refractivity contribution >= 4 is 28.4 Å². The average Bonchev–Trinajstić information content (AvgIpc) is 2.35. The summed E-state index contributed by atoms with van der Waals surface area (Å²) in [6, 6.07) is 10.2. The third-order valence-corrected chi connectivity index (χ3v) is 4.05. The predicted molar refractivity (Wildman–Crippen MR) is 73.2 cm³/mol. The van der Waals surface area contributed by atoms with Crippen LogP contribution in [-0.2, 0) is 10.5 Å². The highest BCUT2D eigenvalue weighted by Gasteiger charge is 2.08. The van der Waals surface area contributed by atoms with Gasteiger partial charge >= 0.3 is 0 Å². The summed E-state index contributed by atoms with van der Waals surface area (Å²) in [4.78, 5) is 15.5. The van der Waals surface area contributed by atoms with Gasteiger partial charge in [-0.2, -0.15) is 0 Å². The molecule has 0 fully saturated rings. The third-order valence-electron chi connectivity index (χ3n) is 2.72. The highest BCUT2D eigenvalue weighted by Crippen LogP contribution is 2.20. The summed E-state index contributed by atoms with van der Waals surface area (Å²) in [5.74, 6) is 1.06. The number of rotatable bonds is 4. The highest BCUT2D eigenvalue weighted by molar-refractivity contribution is 7.99. The van der Waals surface area contributed by atoms with Crippen LogP contribution in [0.5, 0.6) is 0 Å². The van der Waals surface area contributed by atoms with Crippen LogP contribution >= 0.6 is 11.8 Å². The standard InChI is InChI=1S/C14H15NOS/c1-10(16)11(2)17-9-12-7-13-5-3-4-6-14(13)15-8-12/h3-8,11H,9H2,1-2H3. The molecule has 17 heavy (non-hydrogen) atoms. The highest BCUT2D eigenvalue weighted by atomic mass is 32.2. The molecule has 0 aliphatic carbocycles. The van der Waals surface area contributed by atoms with Crippen LogP contribution in [0.3, 0.4) is 0 Å². The van der Waals surface area contributed by atoms with Crippen LogP contribution in [0.1, 0.15) is 19.4 Å². The molecule has 88 valence electrons. The topological polar surface area (TPSA) is 30.0 Å². The predicted octanol–water partition coefficient (Wildman–Crippen LogP) is 3.45. The number of carbonyl (C=O) groups is 1. The van der Waals surface area contributed by atoms with Crippen molar-refractivity contribution in [2.24, 2.45) is 0 Å². The zero-order valence-electron chi connectivity index (χ0n) is 10.0. The molecule has 2 aromatic rings. The second-order valence-electron chi connectivity index (χ2n) is 4.10. The van der Waals surface area contributed by atoms with E-state index in [0.29, 0.717) is 0 Å². The molecule has 1 aromatic carbocycles. The quantitative estimate of drug-likeness (QED) is 0.826. The molecule has 0 bridgehead atoms. The van der Waals surface area contributed by atoms with E-state index in [0.717, 1.165) is 16.7 Å². The van der Waals surface area contributed by atoms with Gasteiger partial charge in [0.1, 0.15) is 5.78 Å². The van der Waals surface area contributed by atoms with Crippen LogP contribution in [-0.4, -0.2) is 16.0 Å². The molecule has 0 saturated carbocycles. The van der Waals surface area contributed by atoms with Gasteiger partial charge in [0, 0.05) is 17.3 Å². The van der Waals surface area contributed by atoms with Crippen molar-refractivity contribution in [1.29, 1.82) is 0 Å². The zero-order valence-corrected chi connectivity index (χ0v) is 10.8. The maximum absolute atomic E-state index is 11.1. The van der Waals surface area contributed by atoms with Gasteiger partial charge in [-0.3, -0.25) is 9.78 Å². The normalized spacial score (nSPS) is 12.6. The second kappa shape index (κ2) is 5.32. The molecule has 1 aromatic heterocycles. The first-order valence-corrected chi connectivity index (χ1v) is 6.67. The molecule has 0 N–H and O–H groups in total. The number of fused-ring (bicyclic) bond motifs is 1. The summed E-state index contributed by atoms with van der Waals surface area (Å²) < 4.78 is 0. The zero-order chi connectivity index (χ0) is 12.3. The lowest BCUT2D eigenvalue weighted by Gasteiger charge is -2.07. The lowest BCUT2D eigenvalue weighted by molar-refractivity contribution is -0.116. The maximum Gasteiger partial charge on any atom is 0.142 e. The van der Waals surface area contributed by atoms with E-state index in [2.05, 4.69) is 17.1 Å². The van der Waals surface area contributed by atoms with Gasteiger partial charge in [-0.15, -0.1) is 11.8 Å². The molecule has 2 rings (SSSR count). The van der Waals surface area contributed by atoms with E-state index in [1.54, 1.807) is 18.7 Å². The number of hydrogen-bond donors (Lipinski definition) is 0. The van der Waals surface area contributed by atoms with Gasteiger partial charge in [0.05, 0.1) is 10.8 Å². The van der Waals surface area contributed by atoms with Crippen molar-refractivity contribution in [3.63, 3.8) is 0 Å². The lowest BCUT2D eigenvalue weighted by Crippen LogP contribution is -2.08. The van der Waals surface area contributed by atoms with Crippen molar-refractivity contribution in [3.05, 3.63) is 42.1 Å². The number of aromatic nitrogens is 1. The number of Topliss-reactive ketones (excluding diaryl/α,β-unsaturated/α-hetero) is 1. The van der Waals surface area contributed by atoms with E-state index in [9.17, 15) is 4.79 Å². The van der Waals surface area contributed by atoms with Crippen LogP contribution < -0.4 is 0 Å². The summed E-state index contributed by atoms with van der Waals surface area (Å²) in [6.45, 7) is 3.58. The molecule has 0 aliphatic rings. The fraction of sp³-hybridized carbons (Fsp3) is 0.286. The van der Waals surface area contributed by atoms with E-state index in [1.165, 1.54) is 5.56 Å². The molecule has 0 aliphatic heterocycles. The SMILES string of the molecule is CC(=O)C(C)SCc1cnc2ccccc2c1. The third kappa shape index (κ3) is 3.07. The molecular weight excluding hydrogens is 230 g/mol. The summed E-state index contributed by atoms with van der Waals surface area (Å²) in [5.41, 5.74) is 2.18. The fourth-order valence-corrected chi connectivity index (χ4v) is 2.37. The Balaban J connectivity index is 2.12. The molecule has 3 heteroatoms. The monoisotopic (exact) mass is 245 g/mol. The Morgan fingerprint density at radius 3 is 2.94 bits per heavy atom. The number of para-hydroxylation sites is 1. The Morgan fingerprint density at radius 2 is 2.18 bits per heavy atom. The smallest absolute Gasteiger partial charge is 0.142 e. The molecule has 2 nitrogen and oxygen atoms in total. The minimum absolute atomic E-state index is 0.0569. The number of thioether (sulfide) groups is 1. The van der Waals surface area contributed by atoms with Crippen LogP contribution in [0.15, 0.2) is 36.5 Å². The first-order valence-electron chi connectivity index (χ1n) is 5.62. The van der Waals surface area contributed by atoms with Gasteiger partial charge in [-0.05, 0) is 31.5 Å². The van der Waals surface area contributed by atoms with Crippen LogP contribution in [0.2, 0.25) is 0 Å². The number of carbonyl (C=O) groups excluding carboxylic acids is 1. The van der Waals surface area contributed by atoms with Gasteiger partial charge in [0.25, 0.3) is 0 Å². The summed E-state index contributed by atoms with van der Waals surface area (Å²) in [6.07, 6.45) is 1.89. The first-order chi connectivity index (χ1) is 8.16. The number of hydrogen-bond acceptors (Lipinski definition) is 3. The lowest BCUT2D eigenvalue weighted by atomic mass is 10.2. The Morgan fingerprint density at radius 1 is 1.41 bits per heavy atom. The Bertz CT molecular complexity index is 538. The number of benzene rings is 1. The molecule has 0 radical (unpaired) electrons. The molecule has 0 spiro atoms. The van der Waals surface area contributed by atoms with Crippen LogP contribution in [0, 0.1) is 0 Å². The summed E-state index contributed by atoms with van der Waals surface area (Å²) in [5, 5.41) is 1.21. The Hall–Kier alpha value is -1.35. The van der Waals surface area contributed by atoms with Crippen LogP contribution in [0.4, 0.5) is 0 Å². The first kappa shape index (κ1) is 12.1. The number of pyridine rings is 1. The van der Waals surface area contributed by atoms with Crippen molar-refractivity contribution in [1.82, 2.24) is 4.98 Å². The van der Waals surface area contributed by atoms with E-state index in [4.69, 9.17) is 0 Å². The second-order valence-corrected chi connectivity index (χ2v) is 5.43.